The van der Waals surface area contributed by atoms with Crippen molar-refractivity contribution in [1.29, 1.82) is 0 Å². The van der Waals surface area contributed by atoms with Gasteiger partial charge in [-0.15, -0.1) is 0 Å². The van der Waals surface area contributed by atoms with Crippen LogP contribution in [0.2, 0.25) is 0 Å². The Kier molecular flexibility index (Phi) is 2.58. The molecule has 0 fully saturated rings. The molecule has 0 atom stereocenters. The van der Waals surface area contributed by atoms with Gasteiger partial charge < -0.3 is 4.98 Å². The van der Waals surface area contributed by atoms with E-state index in [1.807, 2.05) is 13.1 Å². The molecule has 0 unspecified atom stereocenters. The largest absolute Gasteiger partial charge is 0.348 e. The molecule has 2 aromatic rings. The SMILES string of the molecule is Cc1c[nH]c(Cc2cccc(C)c2C)n1. The van der Waals surface area contributed by atoms with E-state index in [4.69, 9.17) is 0 Å². The van der Waals surface area contributed by atoms with E-state index in [-0.39, 0.29) is 0 Å². The average molecular weight is 200 g/mol. The summed E-state index contributed by atoms with van der Waals surface area (Å²) in [5.41, 5.74) is 5.11. The van der Waals surface area contributed by atoms with Gasteiger partial charge in [0.05, 0.1) is 5.69 Å². The normalized spacial score (nSPS) is 10.6. The fourth-order valence-corrected chi connectivity index (χ4v) is 1.74. The fraction of sp³-hybridized carbons (Fsp3) is 0.308. The maximum absolute atomic E-state index is 4.42. The molecule has 1 heterocycles. The first-order valence-electron chi connectivity index (χ1n) is 5.23. The van der Waals surface area contributed by atoms with Crippen molar-refractivity contribution < 1.29 is 0 Å². The first-order chi connectivity index (χ1) is 7.16. The number of benzene rings is 1. The molecule has 0 bridgehead atoms. The molecule has 0 amide bonds. The van der Waals surface area contributed by atoms with E-state index in [1.54, 1.807) is 0 Å². The second kappa shape index (κ2) is 3.89. The van der Waals surface area contributed by atoms with Crippen LogP contribution >= 0.6 is 0 Å². The van der Waals surface area contributed by atoms with E-state index in [9.17, 15) is 0 Å². The third-order valence-corrected chi connectivity index (χ3v) is 2.83. The highest BCUT2D eigenvalue weighted by atomic mass is 14.9. The Morgan fingerprint density at radius 2 is 2.00 bits per heavy atom. The average Bonchev–Trinajstić information content (AvgIpc) is 2.59. The monoisotopic (exact) mass is 200 g/mol. The van der Waals surface area contributed by atoms with Gasteiger partial charge in [0, 0.05) is 12.6 Å². The van der Waals surface area contributed by atoms with Gasteiger partial charge in [0.2, 0.25) is 0 Å². The number of aryl methyl sites for hydroxylation is 2. The minimum Gasteiger partial charge on any atom is -0.348 e. The lowest BCUT2D eigenvalue weighted by atomic mass is 10.0. The van der Waals surface area contributed by atoms with E-state index >= 15 is 0 Å². The zero-order chi connectivity index (χ0) is 10.8. The molecule has 78 valence electrons. The molecule has 2 heteroatoms. The number of hydrogen-bond donors (Lipinski definition) is 1. The summed E-state index contributed by atoms with van der Waals surface area (Å²) < 4.78 is 0. The Morgan fingerprint density at radius 3 is 2.67 bits per heavy atom. The van der Waals surface area contributed by atoms with Gasteiger partial charge in [-0.25, -0.2) is 4.98 Å². The minimum atomic E-state index is 0.890. The standard InChI is InChI=1S/C13H16N2/c1-9-5-4-6-12(11(9)3)7-13-14-8-10(2)15-13/h4-6,8H,7H2,1-3H3,(H,14,15). The number of nitrogens with zero attached hydrogens (tertiary/aromatic N) is 1. The molecule has 1 aromatic heterocycles. The first-order valence-corrected chi connectivity index (χ1v) is 5.23. The van der Waals surface area contributed by atoms with Crippen LogP contribution in [-0.2, 0) is 6.42 Å². The van der Waals surface area contributed by atoms with Gasteiger partial charge in [-0.2, -0.15) is 0 Å². The first kappa shape index (κ1) is 9.97. The number of nitrogens with one attached hydrogen (secondary N) is 1. The molecule has 0 aliphatic carbocycles. The van der Waals surface area contributed by atoms with Crippen LogP contribution in [0.4, 0.5) is 0 Å². The van der Waals surface area contributed by atoms with Crippen LogP contribution in [-0.4, -0.2) is 9.97 Å². The Labute approximate surface area is 90.4 Å². The van der Waals surface area contributed by atoms with Crippen molar-refractivity contribution in [1.82, 2.24) is 9.97 Å². The van der Waals surface area contributed by atoms with E-state index in [2.05, 4.69) is 42.0 Å². The van der Waals surface area contributed by atoms with Crippen LogP contribution in [0.25, 0.3) is 0 Å². The summed E-state index contributed by atoms with van der Waals surface area (Å²) >= 11 is 0. The zero-order valence-corrected chi connectivity index (χ0v) is 9.46. The van der Waals surface area contributed by atoms with Crippen LogP contribution < -0.4 is 0 Å². The highest BCUT2D eigenvalue weighted by Gasteiger charge is 2.04. The molecule has 2 nitrogen and oxygen atoms in total. The second-order valence-electron chi connectivity index (χ2n) is 4.02. The summed E-state index contributed by atoms with van der Waals surface area (Å²) in [5.74, 6) is 1.04. The molecule has 0 aliphatic heterocycles. The summed E-state index contributed by atoms with van der Waals surface area (Å²) in [6, 6.07) is 6.42. The van der Waals surface area contributed by atoms with E-state index in [1.165, 1.54) is 16.7 Å². The predicted octanol–water partition coefficient (Wildman–Crippen LogP) is 2.93. The summed E-state index contributed by atoms with van der Waals surface area (Å²) in [5, 5.41) is 0. The third kappa shape index (κ3) is 2.09. The van der Waals surface area contributed by atoms with Crippen LogP contribution in [0.3, 0.4) is 0 Å². The Hall–Kier alpha value is -1.57. The Morgan fingerprint density at radius 1 is 1.20 bits per heavy atom. The van der Waals surface area contributed by atoms with Gasteiger partial charge in [0.15, 0.2) is 0 Å². The summed E-state index contributed by atoms with van der Waals surface area (Å²) in [4.78, 5) is 7.61. The van der Waals surface area contributed by atoms with Crippen molar-refractivity contribution in [3.63, 3.8) is 0 Å². The highest BCUT2D eigenvalue weighted by Crippen LogP contribution is 2.15. The molecule has 0 radical (unpaired) electrons. The summed E-state index contributed by atoms with van der Waals surface area (Å²) in [7, 11) is 0. The van der Waals surface area contributed by atoms with E-state index < -0.39 is 0 Å². The lowest BCUT2D eigenvalue weighted by molar-refractivity contribution is 1.00. The van der Waals surface area contributed by atoms with Crippen LogP contribution in [0.15, 0.2) is 24.4 Å². The van der Waals surface area contributed by atoms with E-state index in [0.717, 1.165) is 17.9 Å². The van der Waals surface area contributed by atoms with Gasteiger partial charge in [0.1, 0.15) is 5.82 Å². The maximum Gasteiger partial charge on any atom is 0.110 e. The second-order valence-corrected chi connectivity index (χ2v) is 4.02. The van der Waals surface area contributed by atoms with Crippen molar-refractivity contribution in [3.8, 4) is 0 Å². The highest BCUT2D eigenvalue weighted by molar-refractivity contribution is 5.34. The van der Waals surface area contributed by atoms with Gasteiger partial charge in [0.25, 0.3) is 0 Å². The van der Waals surface area contributed by atoms with Crippen LogP contribution in [0.1, 0.15) is 28.2 Å². The van der Waals surface area contributed by atoms with Crippen molar-refractivity contribution in [3.05, 3.63) is 52.6 Å². The molecular formula is C13H16N2. The lowest BCUT2D eigenvalue weighted by Gasteiger charge is -2.06. The smallest absolute Gasteiger partial charge is 0.110 e. The predicted molar refractivity (Wildman–Crippen MR) is 62.0 cm³/mol. The molecule has 0 spiro atoms. The molecule has 0 saturated carbocycles. The molecule has 15 heavy (non-hydrogen) atoms. The molecule has 2 rings (SSSR count). The van der Waals surface area contributed by atoms with Gasteiger partial charge in [-0.05, 0) is 37.5 Å². The van der Waals surface area contributed by atoms with E-state index in [0.29, 0.717) is 0 Å². The number of aromatic nitrogens is 2. The van der Waals surface area contributed by atoms with Gasteiger partial charge in [-0.3, -0.25) is 0 Å². The third-order valence-electron chi connectivity index (χ3n) is 2.83. The number of imidazole rings is 1. The number of hydrogen-bond acceptors (Lipinski definition) is 1. The summed E-state index contributed by atoms with van der Waals surface area (Å²) in [6.07, 6.45) is 2.84. The van der Waals surface area contributed by atoms with Crippen LogP contribution in [0, 0.1) is 20.8 Å². The number of rotatable bonds is 2. The van der Waals surface area contributed by atoms with Crippen molar-refractivity contribution in [2.75, 3.05) is 0 Å². The summed E-state index contributed by atoms with van der Waals surface area (Å²) in [6.45, 7) is 6.32. The minimum absolute atomic E-state index is 0.890. The molecule has 0 saturated heterocycles. The number of H-pyrrole nitrogens is 1. The molecule has 1 aromatic carbocycles. The molecule has 1 N–H and O–H groups in total. The van der Waals surface area contributed by atoms with Gasteiger partial charge >= 0.3 is 0 Å². The van der Waals surface area contributed by atoms with Crippen molar-refractivity contribution in [2.24, 2.45) is 0 Å². The molecular weight excluding hydrogens is 184 g/mol. The molecule has 0 aliphatic rings. The maximum atomic E-state index is 4.42. The number of aromatic amines is 1. The fourth-order valence-electron chi connectivity index (χ4n) is 1.74. The van der Waals surface area contributed by atoms with Gasteiger partial charge in [-0.1, -0.05) is 18.2 Å². The Balaban J connectivity index is 2.28. The van der Waals surface area contributed by atoms with Crippen molar-refractivity contribution in [2.45, 2.75) is 27.2 Å². The lowest BCUT2D eigenvalue weighted by Crippen LogP contribution is -1.95. The Bertz CT molecular complexity index is 469. The topological polar surface area (TPSA) is 28.7 Å². The van der Waals surface area contributed by atoms with Crippen LogP contribution in [0.5, 0.6) is 0 Å². The van der Waals surface area contributed by atoms with Crippen molar-refractivity contribution >= 4 is 0 Å². The zero-order valence-electron chi connectivity index (χ0n) is 9.46. The quantitative estimate of drug-likeness (QED) is 0.793.